The average Bonchev–Trinajstić information content (AvgIpc) is 3.10. The molecular formula is C14H15N3O2S. The Hall–Kier alpha value is -2.08. The first kappa shape index (κ1) is 12.9. The lowest BCUT2D eigenvalue weighted by atomic mass is 10.2. The van der Waals surface area contributed by atoms with Gasteiger partial charge < -0.3 is 10.1 Å². The topological polar surface area (TPSA) is 54.5 Å². The predicted molar refractivity (Wildman–Crippen MR) is 79.3 cm³/mol. The van der Waals surface area contributed by atoms with Gasteiger partial charge in [0.25, 0.3) is 0 Å². The molecule has 2 aromatic rings. The van der Waals surface area contributed by atoms with E-state index in [2.05, 4.69) is 17.2 Å². The van der Waals surface area contributed by atoms with Crippen LogP contribution in [-0.2, 0) is 4.74 Å². The molecule has 1 unspecified atom stereocenters. The number of hydrogen-bond acceptors (Lipinski definition) is 5. The number of carbonyl (C=O) groups excluding carboxylic acids is 1. The highest BCUT2D eigenvalue weighted by Crippen LogP contribution is 2.26. The van der Waals surface area contributed by atoms with E-state index in [-0.39, 0.29) is 12.1 Å². The minimum Gasteiger partial charge on any atom is -0.447 e. The van der Waals surface area contributed by atoms with Gasteiger partial charge in [-0.15, -0.1) is 11.3 Å². The molecular weight excluding hydrogens is 274 g/mol. The maximum Gasteiger partial charge on any atom is 0.414 e. The number of anilines is 2. The van der Waals surface area contributed by atoms with Crippen molar-refractivity contribution < 1.29 is 9.53 Å². The number of nitrogens with zero attached hydrogens (tertiary/aromatic N) is 2. The number of benzene rings is 1. The Labute approximate surface area is 121 Å². The lowest BCUT2D eigenvalue weighted by molar-refractivity contribution is 0.181. The number of amides is 1. The van der Waals surface area contributed by atoms with Crippen molar-refractivity contribution in [2.75, 3.05) is 23.4 Å². The Kier molecular flexibility index (Phi) is 3.56. The second kappa shape index (κ2) is 5.50. The molecule has 1 aliphatic rings. The van der Waals surface area contributed by atoms with E-state index in [0.717, 1.165) is 11.4 Å². The van der Waals surface area contributed by atoms with Crippen molar-refractivity contribution in [2.24, 2.45) is 0 Å². The van der Waals surface area contributed by atoms with Crippen LogP contribution < -0.4 is 10.2 Å². The van der Waals surface area contributed by atoms with Gasteiger partial charge in [-0.3, -0.25) is 9.88 Å². The van der Waals surface area contributed by atoms with E-state index in [4.69, 9.17) is 4.74 Å². The molecule has 0 saturated carbocycles. The molecule has 1 aromatic heterocycles. The van der Waals surface area contributed by atoms with Gasteiger partial charge in [0.2, 0.25) is 0 Å². The fourth-order valence-electron chi connectivity index (χ4n) is 2.15. The molecule has 0 bridgehead atoms. The van der Waals surface area contributed by atoms with E-state index in [1.165, 1.54) is 4.88 Å². The van der Waals surface area contributed by atoms with Crippen molar-refractivity contribution in [3.05, 3.63) is 40.8 Å². The molecule has 2 heterocycles. The zero-order valence-corrected chi connectivity index (χ0v) is 11.9. The summed E-state index contributed by atoms with van der Waals surface area (Å²) in [5.74, 6) is 0. The Bertz CT molecular complexity index is 600. The fraction of sp³-hybridized carbons (Fsp3) is 0.286. The Morgan fingerprint density at radius 2 is 2.40 bits per heavy atom. The molecule has 1 amide bonds. The molecule has 1 aliphatic heterocycles. The van der Waals surface area contributed by atoms with Crippen LogP contribution in [0.15, 0.2) is 36.0 Å². The molecule has 0 aliphatic carbocycles. The average molecular weight is 289 g/mol. The second-order valence-corrected chi connectivity index (χ2v) is 5.50. The number of hydrogen-bond donors (Lipinski definition) is 1. The summed E-state index contributed by atoms with van der Waals surface area (Å²) >= 11 is 1.62. The van der Waals surface area contributed by atoms with E-state index in [9.17, 15) is 4.79 Å². The van der Waals surface area contributed by atoms with Crippen LogP contribution in [0.1, 0.15) is 17.8 Å². The summed E-state index contributed by atoms with van der Waals surface area (Å²) in [7, 11) is 0. The van der Waals surface area contributed by atoms with Gasteiger partial charge in [-0.25, -0.2) is 4.79 Å². The number of cyclic esters (lactones) is 1. The van der Waals surface area contributed by atoms with Gasteiger partial charge in [0, 0.05) is 22.4 Å². The van der Waals surface area contributed by atoms with Gasteiger partial charge in [-0.1, -0.05) is 6.07 Å². The smallest absolute Gasteiger partial charge is 0.414 e. The Morgan fingerprint density at radius 3 is 3.10 bits per heavy atom. The molecule has 5 nitrogen and oxygen atoms in total. The summed E-state index contributed by atoms with van der Waals surface area (Å²) in [6, 6.07) is 7.98. The lowest BCUT2D eigenvalue weighted by Crippen LogP contribution is -2.23. The lowest BCUT2D eigenvalue weighted by Gasteiger charge is -2.17. The standard InChI is InChI=1S/C14H15N3O2S/c1-10(13-8-15-9-20-13)16-11-3-2-4-12(7-11)17-5-6-19-14(17)18/h2-4,7-10,16H,5-6H2,1H3. The predicted octanol–water partition coefficient (Wildman–Crippen LogP) is 3.27. The van der Waals surface area contributed by atoms with Crippen LogP contribution in [0.25, 0.3) is 0 Å². The summed E-state index contributed by atoms with van der Waals surface area (Å²) in [5.41, 5.74) is 3.65. The van der Waals surface area contributed by atoms with Crippen molar-refractivity contribution in [1.29, 1.82) is 0 Å². The summed E-state index contributed by atoms with van der Waals surface area (Å²) in [6.07, 6.45) is 1.59. The molecule has 1 N–H and O–H groups in total. The van der Waals surface area contributed by atoms with Gasteiger partial charge >= 0.3 is 6.09 Å². The highest BCUT2D eigenvalue weighted by Gasteiger charge is 2.23. The minimum atomic E-state index is -0.280. The van der Waals surface area contributed by atoms with Crippen LogP contribution in [0, 0.1) is 0 Å². The van der Waals surface area contributed by atoms with Gasteiger partial charge in [-0.05, 0) is 25.1 Å². The number of nitrogens with one attached hydrogen (secondary N) is 1. The van der Waals surface area contributed by atoms with E-state index in [0.29, 0.717) is 13.2 Å². The van der Waals surface area contributed by atoms with E-state index in [1.54, 1.807) is 16.2 Å². The molecule has 104 valence electrons. The molecule has 3 rings (SSSR count). The van der Waals surface area contributed by atoms with Crippen molar-refractivity contribution in [3.8, 4) is 0 Å². The molecule has 0 radical (unpaired) electrons. The van der Waals surface area contributed by atoms with Gasteiger partial charge in [0.15, 0.2) is 0 Å². The second-order valence-electron chi connectivity index (χ2n) is 4.59. The highest BCUT2D eigenvalue weighted by atomic mass is 32.1. The van der Waals surface area contributed by atoms with Crippen LogP contribution in [0.4, 0.5) is 16.2 Å². The summed E-state index contributed by atoms with van der Waals surface area (Å²) in [6.45, 7) is 3.14. The van der Waals surface area contributed by atoms with E-state index in [1.807, 2.05) is 36.0 Å². The number of thiazole rings is 1. The first-order chi connectivity index (χ1) is 9.74. The fourth-order valence-corrected chi connectivity index (χ4v) is 2.78. The van der Waals surface area contributed by atoms with Crippen LogP contribution in [-0.4, -0.2) is 24.2 Å². The SMILES string of the molecule is CC(Nc1cccc(N2CCOC2=O)c1)c1cncs1. The molecule has 1 aromatic carbocycles. The largest absolute Gasteiger partial charge is 0.447 e. The third-order valence-corrected chi connectivity index (χ3v) is 4.14. The van der Waals surface area contributed by atoms with E-state index < -0.39 is 0 Å². The monoisotopic (exact) mass is 289 g/mol. The minimum absolute atomic E-state index is 0.184. The van der Waals surface area contributed by atoms with Gasteiger partial charge in [0.05, 0.1) is 18.1 Å². The number of aromatic nitrogens is 1. The number of carbonyl (C=O) groups is 1. The Morgan fingerprint density at radius 1 is 1.50 bits per heavy atom. The normalized spacial score (nSPS) is 16.1. The maximum absolute atomic E-state index is 11.6. The number of rotatable bonds is 4. The maximum atomic E-state index is 11.6. The number of ether oxygens (including phenoxy) is 1. The van der Waals surface area contributed by atoms with Gasteiger partial charge in [-0.2, -0.15) is 0 Å². The molecule has 1 atom stereocenters. The van der Waals surface area contributed by atoms with Crippen molar-refractivity contribution in [1.82, 2.24) is 4.98 Å². The Balaban J connectivity index is 1.76. The van der Waals surface area contributed by atoms with Crippen molar-refractivity contribution in [2.45, 2.75) is 13.0 Å². The quantitative estimate of drug-likeness (QED) is 0.938. The van der Waals surface area contributed by atoms with Crippen LogP contribution in [0.5, 0.6) is 0 Å². The first-order valence-electron chi connectivity index (χ1n) is 6.43. The van der Waals surface area contributed by atoms with E-state index >= 15 is 0 Å². The molecule has 20 heavy (non-hydrogen) atoms. The molecule has 0 spiro atoms. The van der Waals surface area contributed by atoms with Crippen LogP contribution >= 0.6 is 11.3 Å². The molecule has 6 heteroatoms. The van der Waals surface area contributed by atoms with Crippen molar-refractivity contribution in [3.63, 3.8) is 0 Å². The summed E-state index contributed by atoms with van der Waals surface area (Å²) < 4.78 is 4.96. The third kappa shape index (κ3) is 2.60. The highest BCUT2D eigenvalue weighted by molar-refractivity contribution is 7.09. The van der Waals surface area contributed by atoms with Gasteiger partial charge in [0.1, 0.15) is 6.61 Å². The zero-order valence-electron chi connectivity index (χ0n) is 11.1. The van der Waals surface area contributed by atoms with Crippen molar-refractivity contribution >= 4 is 28.8 Å². The summed E-state index contributed by atoms with van der Waals surface area (Å²) in [5, 5.41) is 3.41. The van der Waals surface area contributed by atoms with Crippen LogP contribution in [0.2, 0.25) is 0 Å². The molecule has 1 saturated heterocycles. The summed E-state index contributed by atoms with van der Waals surface area (Å²) in [4.78, 5) is 18.5. The first-order valence-corrected chi connectivity index (χ1v) is 7.31. The zero-order chi connectivity index (χ0) is 13.9. The van der Waals surface area contributed by atoms with Crippen LogP contribution in [0.3, 0.4) is 0 Å². The molecule has 1 fully saturated rings. The third-order valence-electron chi connectivity index (χ3n) is 3.18.